The molecule has 0 bridgehead atoms. The first-order valence-electron chi connectivity index (χ1n) is 10.0. The lowest BCUT2D eigenvalue weighted by molar-refractivity contribution is -0.127. The number of esters is 1. The number of ether oxygens (including phenoxy) is 2. The van der Waals surface area contributed by atoms with Crippen molar-refractivity contribution < 1.29 is 23.9 Å². The minimum atomic E-state index is -1.19. The summed E-state index contributed by atoms with van der Waals surface area (Å²) < 4.78 is 12.1. The first-order chi connectivity index (χ1) is 15.4. The van der Waals surface area contributed by atoms with Crippen LogP contribution in [0.5, 0.6) is 5.75 Å². The van der Waals surface area contributed by atoms with Crippen molar-refractivity contribution >= 4 is 17.9 Å². The largest absolute Gasteiger partial charge is 0.497 e. The van der Waals surface area contributed by atoms with Gasteiger partial charge >= 0.3 is 12.0 Å². The zero-order chi connectivity index (χ0) is 23.1. The summed E-state index contributed by atoms with van der Waals surface area (Å²) in [4.78, 5) is 36.7. The minimum absolute atomic E-state index is 0.177. The molecule has 0 fully saturated rings. The van der Waals surface area contributed by atoms with Gasteiger partial charge in [0.2, 0.25) is 0 Å². The standard InChI is InChI=1S/C23H24N4O5/c1-4-24-23(30)25-21(28)15(2)32-22(29)19-14-27(17-8-6-5-7-9-17)26-20(19)16-10-12-18(31-3)13-11-16/h5-15H,4H2,1-3H3,(H2,24,25,28,30). The number of carbonyl (C=O) groups excluding carboxylic acids is 3. The van der Waals surface area contributed by atoms with Gasteiger partial charge in [-0.2, -0.15) is 5.10 Å². The number of hydrogen-bond acceptors (Lipinski definition) is 6. The molecule has 0 aliphatic carbocycles. The predicted octanol–water partition coefficient (Wildman–Crippen LogP) is 2.94. The third-order valence-electron chi connectivity index (χ3n) is 4.55. The molecule has 3 aromatic rings. The summed E-state index contributed by atoms with van der Waals surface area (Å²) >= 11 is 0. The van der Waals surface area contributed by atoms with Gasteiger partial charge in [-0.25, -0.2) is 14.3 Å². The van der Waals surface area contributed by atoms with E-state index >= 15 is 0 Å². The highest BCUT2D eigenvalue weighted by molar-refractivity contribution is 6.00. The number of carbonyl (C=O) groups is 3. The molecule has 9 nitrogen and oxygen atoms in total. The molecule has 32 heavy (non-hydrogen) atoms. The van der Waals surface area contributed by atoms with Gasteiger partial charge < -0.3 is 14.8 Å². The molecule has 1 heterocycles. The van der Waals surface area contributed by atoms with Crippen LogP contribution in [0.1, 0.15) is 24.2 Å². The van der Waals surface area contributed by atoms with Gasteiger partial charge in [0, 0.05) is 18.3 Å². The Hall–Kier alpha value is -4.14. The number of rotatable bonds is 7. The van der Waals surface area contributed by atoms with Crippen LogP contribution in [0, 0.1) is 0 Å². The van der Waals surface area contributed by atoms with Gasteiger partial charge in [-0.15, -0.1) is 0 Å². The van der Waals surface area contributed by atoms with Gasteiger partial charge in [-0.3, -0.25) is 10.1 Å². The number of para-hydroxylation sites is 1. The number of methoxy groups -OCH3 is 1. The van der Waals surface area contributed by atoms with E-state index in [1.54, 1.807) is 49.2 Å². The molecule has 0 spiro atoms. The van der Waals surface area contributed by atoms with Crippen molar-refractivity contribution in [2.24, 2.45) is 0 Å². The van der Waals surface area contributed by atoms with Crippen LogP contribution in [0.4, 0.5) is 4.79 Å². The molecule has 166 valence electrons. The second-order valence-electron chi connectivity index (χ2n) is 6.80. The Morgan fingerprint density at radius 1 is 1.06 bits per heavy atom. The summed E-state index contributed by atoms with van der Waals surface area (Å²) in [5.41, 5.74) is 1.99. The lowest BCUT2D eigenvalue weighted by Crippen LogP contribution is -2.44. The number of nitrogens with zero attached hydrogens (tertiary/aromatic N) is 2. The second kappa shape index (κ2) is 10.3. The lowest BCUT2D eigenvalue weighted by atomic mass is 10.1. The van der Waals surface area contributed by atoms with E-state index in [1.807, 2.05) is 30.3 Å². The van der Waals surface area contributed by atoms with Crippen molar-refractivity contribution in [3.8, 4) is 22.7 Å². The number of nitrogens with one attached hydrogen (secondary N) is 2. The fourth-order valence-corrected chi connectivity index (χ4v) is 2.89. The molecule has 0 aliphatic heterocycles. The lowest BCUT2D eigenvalue weighted by Gasteiger charge is -2.13. The van der Waals surface area contributed by atoms with Gasteiger partial charge in [-0.05, 0) is 50.2 Å². The van der Waals surface area contributed by atoms with E-state index in [1.165, 1.54) is 6.92 Å². The Morgan fingerprint density at radius 2 is 1.75 bits per heavy atom. The summed E-state index contributed by atoms with van der Waals surface area (Å²) in [5, 5.41) is 9.13. The number of imide groups is 1. The molecule has 1 aromatic heterocycles. The van der Waals surface area contributed by atoms with Crippen molar-refractivity contribution in [2.75, 3.05) is 13.7 Å². The summed E-state index contributed by atoms with van der Waals surface area (Å²) in [5.74, 6) is -0.807. The first kappa shape index (κ1) is 22.5. The normalized spacial score (nSPS) is 11.3. The molecule has 9 heteroatoms. The summed E-state index contributed by atoms with van der Waals surface area (Å²) in [6, 6.07) is 15.7. The van der Waals surface area contributed by atoms with Gasteiger partial charge in [0.25, 0.3) is 5.91 Å². The van der Waals surface area contributed by atoms with Crippen LogP contribution in [-0.2, 0) is 9.53 Å². The van der Waals surface area contributed by atoms with Crippen LogP contribution in [0.25, 0.3) is 16.9 Å². The summed E-state index contributed by atoms with van der Waals surface area (Å²) in [7, 11) is 1.56. The molecule has 3 rings (SSSR count). The Kier molecular flexibility index (Phi) is 7.22. The molecule has 0 aliphatic rings. The molecule has 1 unspecified atom stereocenters. The highest BCUT2D eigenvalue weighted by atomic mass is 16.5. The fourth-order valence-electron chi connectivity index (χ4n) is 2.89. The SMILES string of the molecule is CCNC(=O)NC(=O)C(C)OC(=O)c1cn(-c2ccccc2)nc1-c1ccc(OC)cc1. The quantitative estimate of drug-likeness (QED) is 0.551. The van der Waals surface area contributed by atoms with Crippen LogP contribution in [-0.4, -0.2) is 47.4 Å². The zero-order valence-corrected chi connectivity index (χ0v) is 18.0. The maximum atomic E-state index is 13.0. The molecule has 0 saturated carbocycles. The molecular weight excluding hydrogens is 412 g/mol. The minimum Gasteiger partial charge on any atom is -0.497 e. The average molecular weight is 436 g/mol. The van der Waals surface area contributed by atoms with Crippen LogP contribution < -0.4 is 15.4 Å². The summed E-state index contributed by atoms with van der Waals surface area (Å²) in [6.45, 7) is 3.47. The van der Waals surface area contributed by atoms with E-state index in [0.717, 1.165) is 5.69 Å². The summed E-state index contributed by atoms with van der Waals surface area (Å²) in [6.07, 6.45) is 0.361. The van der Waals surface area contributed by atoms with Crippen LogP contribution in [0.15, 0.2) is 60.8 Å². The number of hydrogen-bond donors (Lipinski definition) is 2. The Balaban J connectivity index is 1.89. The molecule has 1 atom stereocenters. The Morgan fingerprint density at radius 3 is 2.38 bits per heavy atom. The average Bonchev–Trinajstić information content (AvgIpc) is 3.25. The number of urea groups is 1. The number of amides is 3. The Labute approximate surface area is 185 Å². The van der Waals surface area contributed by atoms with E-state index in [-0.39, 0.29) is 5.56 Å². The molecule has 2 aromatic carbocycles. The second-order valence-corrected chi connectivity index (χ2v) is 6.80. The van der Waals surface area contributed by atoms with Crippen molar-refractivity contribution in [2.45, 2.75) is 20.0 Å². The van der Waals surface area contributed by atoms with Crippen LogP contribution >= 0.6 is 0 Å². The monoisotopic (exact) mass is 436 g/mol. The number of benzene rings is 2. The highest BCUT2D eigenvalue weighted by Crippen LogP contribution is 2.26. The number of aromatic nitrogens is 2. The van der Waals surface area contributed by atoms with Gasteiger partial charge in [-0.1, -0.05) is 18.2 Å². The molecular formula is C23H24N4O5. The third kappa shape index (κ3) is 5.31. The van der Waals surface area contributed by atoms with Crippen molar-refractivity contribution in [1.82, 2.24) is 20.4 Å². The van der Waals surface area contributed by atoms with Crippen molar-refractivity contribution in [3.05, 3.63) is 66.4 Å². The van der Waals surface area contributed by atoms with E-state index < -0.39 is 24.0 Å². The van der Waals surface area contributed by atoms with E-state index in [4.69, 9.17) is 9.47 Å². The van der Waals surface area contributed by atoms with E-state index in [2.05, 4.69) is 15.7 Å². The maximum absolute atomic E-state index is 13.0. The molecule has 3 amide bonds. The predicted molar refractivity (Wildman–Crippen MR) is 118 cm³/mol. The van der Waals surface area contributed by atoms with E-state index in [0.29, 0.717) is 23.6 Å². The topological polar surface area (TPSA) is 112 Å². The van der Waals surface area contributed by atoms with Crippen LogP contribution in [0.2, 0.25) is 0 Å². The molecule has 2 N–H and O–H groups in total. The maximum Gasteiger partial charge on any atom is 0.342 e. The Bertz CT molecular complexity index is 1090. The van der Waals surface area contributed by atoms with Crippen molar-refractivity contribution in [1.29, 1.82) is 0 Å². The highest BCUT2D eigenvalue weighted by Gasteiger charge is 2.25. The van der Waals surface area contributed by atoms with Crippen LogP contribution in [0.3, 0.4) is 0 Å². The smallest absolute Gasteiger partial charge is 0.342 e. The third-order valence-corrected chi connectivity index (χ3v) is 4.55. The zero-order valence-electron chi connectivity index (χ0n) is 18.0. The van der Waals surface area contributed by atoms with Gasteiger partial charge in [0.15, 0.2) is 6.10 Å². The van der Waals surface area contributed by atoms with Gasteiger partial charge in [0.05, 0.1) is 12.8 Å². The molecule has 0 saturated heterocycles. The van der Waals surface area contributed by atoms with E-state index in [9.17, 15) is 14.4 Å². The fraction of sp³-hybridized carbons (Fsp3) is 0.217. The van der Waals surface area contributed by atoms with Gasteiger partial charge in [0.1, 0.15) is 17.0 Å². The van der Waals surface area contributed by atoms with Crippen molar-refractivity contribution in [3.63, 3.8) is 0 Å². The molecule has 0 radical (unpaired) electrons. The first-order valence-corrected chi connectivity index (χ1v) is 10.0.